The summed E-state index contributed by atoms with van der Waals surface area (Å²) in [5.74, 6) is 1.27. The van der Waals surface area contributed by atoms with Crippen LogP contribution < -0.4 is 15.4 Å². The number of nitrogens with zero attached hydrogens (tertiary/aromatic N) is 1. The van der Waals surface area contributed by atoms with Crippen LogP contribution >= 0.6 is 47.2 Å². The Hall–Kier alpha value is -0.660. The molecule has 0 radical (unpaired) electrons. The summed E-state index contributed by atoms with van der Waals surface area (Å²) < 4.78 is 5.54. The Balaban J connectivity index is 0.00000361. The maximum absolute atomic E-state index is 6.01. The molecule has 0 fully saturated rings. The Labute approximate surface area is 146 Å². The molecule has 0 heterocycles. The summed E-state index contributed by atoms with van der Waals surface area (Å²) >= 11 is 11.9. The number of guanidine groups is 1. The van der Waals surface area contributed by atoms with Gasteiger partial charge in [0.15, 0.2) is 5.96 Å². The number of benzene rings is 1. The second-order valence-electron chi connectivity index (χ2n) is 3.57. The van der Waals surface area contributed by atoms with E-state index in [9.17, 15) is 0 Å². The van der Waals surface area contributed by atoms with Gasteiger partial charge in [0.05, 0.1) is 11.6 Å². The first-order chi connectivity index (χ1) is 9.19. The van der Waals surface area contributed by atoms with E-state index in [0.717, 1.165) is 0 Å². The molecule has 0 aliphatic carbocycles. The standard InChI is InChI=1S/C13H17Cl2N3O.HI/c1-3-7-17-13(16-2)18-8-9-19-11-6-4-5-10(14)12(11)15;/h3-6H,1,7-9H2,2H3,(H2,16,17,18);1H. The zero-order valence-corrected chi connectivity index (χ0v) is 15.0. The van der Waals surface area contributed by atoms with Crippen molar-refractivity contribution >= 4 is 53.1 Å². The third kappa shape index (κ3) is 6.67. The molecule has 0 unspecified atom stereocenters. The predicted molar refractivity (Wildman–Crippen MR) is 96.9 cm³/mol. The zero-order chi connectivity index (χ0) is 14.1. The summed E-state index contributed by atoms with van der Waals surface area (Å²) in [5.41, 5.74) is 0. The summed E-state index contributed by atoms with van der Waals surface area (Å²) in [7, 11) is 1.70. The van der Waals surface area contributed by atoms with Gasteiger partial charge in [0, 0.05) is 13.6 Å². The van der Waals surface area contributed by atoms with Gasteiger partial charge in [0.2, 0.25) is 0 Å². The van der Waals surface area contributed by atoms with Crippen LogP contribution in [0.4, 0.5) is 0 Å². The largest absolute Gasteiger partial charge is 0.490 e. The number of aliphatic imine (C=N–C) groups is 1. The van der Waals surface area contributed by atoms with Gasteiger partial charge in [-0.1, -0.05) is 35.3 Å². The number of hydrogen-bond acceptors (Lipinski definition) is 2. The van der Waals surface area contributed by atoms with Crippen LogP contribution in [0.25, 0.3) is 0 Å². The topological polar surface area (TPSA) is 45.7 Å². The highest BCUT2D eigenvalue weighted by Gasteiger charge is 2.04. The Morgan fingerprint density at radius 3 is 2.80 bits per heavy atom. The van der Waals surface area contributed by atoms with Gasteiger partial charge in [-0.15, -0.1) is 30.6 Å². The van der Waals surface area contributed by atoms with Gasteiger partial charge >= 0.3 is 0 Å². The van der Waals surface area contributed by atoms with Gasteiger partial charge in [-0.3, -0.25) is 4.99 Å². The lowest BCUT2D eigenvalue weighted by molar-refractivity contribution is 0.322. The molecule has 0 atom stereocenters. The predicted octanol–water partition coefficient (Wildman–Crippen LogP) is 3.34. The molecule has 0 saturated heterocycles. The average Bonchev–Trinajstić information content (AvgIpc) is 2.42. The molecule has 7 heteroatoms. The van der Waals surface area contributed by atoms with E-state index >= 15 is 0 Å². The second kappa shape index (κ2) is 11.0. The van der Waals surface area contributed by atoms with Gasteiger partial charge in [-0.25, -0.2) is 0 Å². The molecule has 0 amide bonds. The lowest BCUT2D eigenvalue weighted by atomic mass is 10.3. The van der Waals surface area contributed by atoms with Crippen molar-refractivity contribution < 1.29 is 4.74 Å². The van der Waals surface area contributed by atoms with Gasteiger partial charge in [0.1, 0.15) is 17.4 Å². The van der Waals surface area contributed by atoms with Crippen molar-refractivity contribution in [2.45, 2.75) is 0 Å². The molecule has 20 heavy (non-hydrogen) atoms. The fraction of sp³-hybridized carbons (Fsp3) is 0.308. The molecule has 1 rings (SSSR count). The van der Waals surface area contributed by atoms with E-state index in [-0.39, 0.29) is 24.0 Å². The Morgan fingerprint density at radius 2 is 2.15 bits per heavy atom. The van der Waals surface area contributed by atoms with Gasteiger partial charge in [0.25, 0.3) is 0 Å². The van der Waals surface area contributed by atoms with Crippen LogP contribution in [0.15, 0.2) is 35.8 Å². The van der Waals surface area contributed by atoms with E-state index < -0.39 is 0 Å². The number of hydrogen-bond donors (Lipinski definition) is 2. The second-order valence-corrected chi connectivity index (χ2v) is 4.35. The van der Waals surface area contributed by atoms with E-state index in [2.05, 4.69) is 22.2 Å². The van der Waals surface area contributed by atoms with Crippen molar-refractivity contribution in [2.75, 3.05) is 26.7 Å². The summed E-state index contributed by atoms with van der Waals surface area (Å²) in [6, 6.07) is 5.29. The van der Waals surface area contributed by atoms with E-state index in [1.54, 1.807) is 31.3 Å². The van der Waals surface area contributed by atoms with E-state index in [1.165, 1.54) is 0 Å². The van der Waals surface area contributed by atoms with Crippen LogP contribution in [0.2, 0.25) is 10.0 Å². The molecule has 0 aliphatic rings. The Kier molecular flexibility index (Phi) is 10.7. The summed E-state index contributed by atoms with van der Waals surface area (Å²) in [6.45, 7) is 5.33. The SMILES string of the molecule is C=CCNC(=NC)NCCOc1cccc(Cl)c1Cl.I. The number of halogens is 3. The lowest BCUT2D eigenvalue weighted by Crippen LogP contribution is -2.39. The maximum Gasteiger partial charge on any atom is 0.191 e. The third-order valence-electron chi connectivity index (χ3n) is 2.21. The van der Waals surface area contributed by atoms with E-state index in [0.29, 0.717) is 41.5 Å². The summed E-state index contributed by atoms with van der Waals surface area (Å²) in [6.07, 6.45) is 1.76. The highest BCUT2D eigenvalue weighted by atomic mass is 127. The van der Waals surface area contributed by atoms with Crippen molar-refractivity contribution in [3.63, 3.8) is 0 Å². The molecule has 0 spiro atoms. The third-order valence-corrected chi connectivity index (χ3v) is 3.01. The minimum absolute atomic E-state index is 0. The lowest BCUT2D eigenvalue weighted by Gasteiger charge is -2.12. The first-order valence-corrected chi connectivity index (χ1v) is 6.57. The number of ether oxygens (including phenoxy) is 1. The van der Waals surface area contributed by atoms with Crippen molar-refractivity contribution in [3.8, 4) is 5.75 Å². The Morgan fingerprint density at radius 1 is 1.40 bits per heavy atom. The molecule has 0 aromatic heterocycles. The highest BCUT2D eigenvalue weighted by molar-refractivity contribution is 14.0. The monoisotopic (exact) mass is 429 g/mol. The fourth-order valence-electron chi connectivity index (χ4n) is 1.32. The molecule has 0 saturated carbocycles. The van der Waals surface area contributed by atoms with E-state index in [4.69, 9.17) is 27.9 Å². The number of rotatable bonds is 6. The van der Waals surface area contributed by atoms with Gasteiger partial charge in [-0.05, 0) is 12.1 Å². The van der Waals surface area contributed by atoms with Gasteiger partial charge < -0.3 is 15.4 Å². The average molecular weight is 430 g/mol. The van der Waals surface area contributed by atoms with Crippen LogP contribution in [-0.2, 0) is 0 Å². The minimum atomic E-state index is 0. The fourth-order valence-corrected chi connectivity index (χ4v) is 1.66. The highest BCUT2D eigenvalue weighted by Crippen LogP contribution is 2.31. The molecular formula is C13H18Cl2IN3O. The van der Waals surface area contributed by atoms with Crippen LogP contribution in [0.5, 0.6) is 5.75 Å². The molecular weight excluding hydrogens is 412 g/mol. The van der Waals surface area contributed by atoms with Crippen LogP contribution in [0.1, 0.15) is 0 Å². The van der Waals surface area contributed by atoms with Crippen LogP contribution in [0, 0.1) is 0 Å². The van der Waals surface area contributed by atoms with Crippen LogP contribution in [-0.4, -0.2) is 32.7 Å². The first-order valence-electron chi connectivity index (χ1n) is 5.81. The smallest absolute Gasteiger partial charge is 0.191 e. The molecule has 4 nitrogen and oxygen atoms in total. The molecule has 2 N–H and O–H groups in total. The molecule has 1 aromatic carbocycles. The maximum atomic E-state index is 6.01. The molecule has 112 valence electrons. The van der Waals surface area contributed by atoms with Crippen molar-refractivity contribution in [3.05, 3.63) is 40.9 Å². The first kappa shape index (κ1) is 19.3. The normalized spacial score (nSPS) is 10.4. The summed E-state index contributed by atoms with van der Waals surface area (Å²) in [4.78, 5) is 4.05. The van der Waals surface area contributed by atoms with Crippen molar-refractivity contribution in [1.29, 1.82) is 0 Å². The minimum Gasteiger partial charge on any atom is -0.490 e. The summed E-state index contributed by atoms with van der Waals surface area (Å²) in [5, 5.41) is 7.07. The number of nitrogens with one attached hydrogen (secondary N) is 2. The van der Waals surface area contributed by atoms with Crippen molar-refractivity contribution in [2.24, 2.45) is 4.99 Å². The van der Waals surface area contributed by atoms with Gasteiger partial charge in [-0.2, -0.15) is 0 Å². The molecule has 0 bridgehead atoms. The quantitative estimate of drug-likeness (QED) is 0.239. The van der Waals surface area contributed by atoms with E-state index in [1.807, 2.05) is 0 Å². The Bertz CT molecular complexity index is 455. The van der Waals surface area contributed by atoms with Crippen LogP contribution in [0.3, 0.4) is 0 Å². The van der Waals surface area contributed by atoms with Crippen molar-refractivity contribution in [1.82, 2.24) is 10.6 Å². The zero-order valence-electron chi connectivity index (χ0n) is 11.2. The molecule has 1 aromatic rings. The molecule has 0 aliphatic heterocycles.